The van der Waals surface area contributed by atoms with Crippen LogP contribution in [0.1, 0.15) is 31.0 Å². The average Bonchev–Trinajstić information content (AvgIpc) is 2.58. The quantitative estimate of drug-likeness (QED) is 0.820. The van der Waals surface area contributed by atoms with Crippen molar-refractivity contribution in [3.63, 3.8) is 0 Å². The van der Waals surface area contributed by atoms with Gasteiger partial charge in [0.1, 0.15) is 11.6 Å². The number of rotatable bonds is 7. The van der Waals surface area contributed by atoms with E-state index in [1.165, 1.54) is 13.0 Å². The molecule has 0 spiro atoms. The van der Waals surface area contributed by atoms with Crippen LogP contribution in [0.4, 0.5) is 4.39 Å². The van der Waals surface area contributed by atoms with Gasteiger partial charge in [0, 0.05) is 25.1 Å². The highest BCUT2D eigenvalue weighted by molar-refractivity contribution is 5.73. The van der Waals surface area contributed by atoms with Gasteiger partial charge in [-0.15, -0.1) is 0 Å². The molecule has 0 aliphatic carbocycles. The number of nitrogens with one attached hydrogen (secondary N) is 2. The van der Waals surface area contributed by atoms with Crippen LogP contribution in [-0.2, 0) is 11.3 Å². The molecule has 0 aliphatic heterocycles. The molecule has 0 aromatic heterocycles. The summed E-state index contributed by atoms with van der Waals surface area (Å²) in [4.78, 5) is 11.5. The van der Waals surface area contributed by atoms with Gasteiger partial charge in [0.25, 0.3) is 0 Å². The van der Waals surface area contributed by atoms with Gasteiger partial charge in [-0.05, 0) is 30.7 Å². The minimum atomic E-state index is -0.443. The normalized spacial score (nSPS) is 13.2. The Labute approximate surface area is 142 Å². The van der Waals surface area contributed by atoms with Crippen molar-refractivity contribution in [1.29, 1.82) is 0 Å². The van der Waals surface area contributed by atoms with Crippen LogP contribution in [0.15, 0.2) is 48.5 Å². The Hall–Kier alpha value is -2.40. The maximum absolute atomic E-state index is 14.1. The maximum Gasteiger partial charge on any atom is 0.217 e. The Morgan fingerprint density at radius 2 is 1.83 bits per heavy atom. The second-order valence-electron chi connectivity index (χ2n) is 5.72. The van der Waals surface area contributed by atoms with Crippen LogP contribution in [-0.4, -0.2) is 19.1 Å². The molecule has 2 aromatic rings. The van der Waals surface area contributed by atoms with Gasteiger partial charge in [0.2, 0.25) is 5.91 Å². The lowest BCUT2D eigenvalue weighted by atomic mass is 9.99. The highest BCUT2D eigenvalue weighted by Crippen LogP contribution is 2.21. The number of carbonyl (C=O) groups is 1. The summed E-state index contributed by atoms with van der Waals surface area (Å²) in [6.45, 7) is 3.97. The van der Waals surface area contributed by atoms with E-state index in [-0.39, 0.29) is 17.8 Å². The molecular weight excluding hydrogens is 307 g/mol. The van der Waals surface area contributed by atoms with Crippen molar-refractivity contribution in [2.75, 3.05) is 7.11 Å². The van der Waals surface area contributed by atoms with E-state index in [1.54, 1.807) is 25.3 Å². The van der Waals surface area contributed by atoms with Crippen molar-refractivity contribution in [3.05, 3.63) is 65.5 Å². The van der Waals surface area contributed by atoms with Gasteiger partial charge in [0.05, 0.1) is 13.2 Å². The van der Waals surface area contributed by atoms with E-state index in [1.807, 2.05) is 31.2 Å². The van der Waals surface area contributed by atoms with Crippen molar-refractivity contribution < 1.29 is 13.9 Å². The molecule has 2 unspecified atom stereocenters. The third-order valence-electron chi connectivity index (χ3n) is 3.89. The predicted molar refractivity (Wildman–Crippen MR) is 92.3 cm³/mol. The standard InChI is InChI=1S/C19H23FN2O2/c1-13(21-12-15-8-10-16(24-3)11-9-15)19(22-14(2)23)17-6-4-5-7-18(17)20/h4-11,13,19,21H,12H2,1-3H3,(H,22,23). The van der Waals surface area contributed by atoms with E-state index in [2.05, 4.69) is 10.6 Å². The second kappa shape index (κ2) is 8.45. The molecule has 0 heterocycles. The summed E-state index contributed by atoms with van der Waals surface area (Å²) in [5.74, 6) is 0.282. The van der Waals surface area contributed by atoms with Crippen molar-refractivity contribution in [3.8, 4) is 5.75 Å². The highest BCUT2D eigenvalue weighted by Gasteiger charge is 2.22. The first-order chi connectivity index (χ1) is 11.5. The molecular formula is C19H23FN2O2. The molecule has 2 atom stereocenters. The molecule has 2 aromatic carbocycles. The summed E-state index contributed by atoms with van der Waals surface area (Å²) in [7, 11) is 1.63. The van der Waals surface area contributed by atoms with Crippen LogP contribution in [0, 0.1) is 5.82 Å². The summed E-state index contributed by atoms with van der Waals surface area (Å²) < 4.78 is 19.2. The van der Waals surface area contributed by atoms with Gasteiger partial charge in [-0.3, -0.25) is 4.79 Å². The zero-order valence-corrected chi connectivity index (χ0v) is 14.2. The summed E-state index contributed by atoms with van der Waals surface area (Å²) >= 11 is 0. The van der Waals surface area contributed by atoms with E-state index in [9.17, 15) is 9.18 Å². The minimum absolute atomic E-state index is 0.145. The number of halogens is 1. The third-order valence-corrected chi connectivity index (χ3v) is 3.89. The van der Waals surface area contributed by atoms with Crippen LogP contribution >= 0.6 is 0 Å². The van der Waals surface area contributed by atoms with Crippen LogP contribution < -0.4 is 15.4 Å². The van der Waals surface area contributed by atoms with Crippen LogP contribution in [0.2, 0.25) is 0 Å². The van der Waals surface area contributed by atoms with Gasteiger partial charge in [-0.2, -0.15) is 0 Å². The number of benzene rings is 2. The van der Waals surface area contributed by atoms with E-state index in [0.29, 0.717) is 12.1 Å². The fraction of sp³-hybridized carbons (Fsp3) is 0.316. The lowest BCUT2D eigenvalue weighted by molar-refractivity contribution is -0.119. The number of hydrogen-bond acceptors (Lipinski definition) is 3. The lowest BCUT2D eigenvalue weighted by Crippen LogP contribution is -2.41. The first-order valence-corrected chi connectivity index (χ1v) is 7.89. The Morgan fingerprint density at radius 1 is 1.17 bits per heavy atom. The molecule has 4 nitrogen and oxygen atoms in total. The Balaban J connectivity index is 2.08. The number of ether oxygens (including phenoxy) is 1. The van der Waals surface area contributed by atoms with Gasteiger partial charge in [-0.1, -0.05) is 30.3 Å². The Kier molecular flexibility index (Phi) is 6.32. The Morgan fingerprint density at radius 3 is 2.42 bits per heavy atom. The van der Waals surface area contributed by atoms with Gasteiger partial charge >= 0.3 is 0 Å². The predicted octanol–water partition coefficient (Wildman–Crippen LogP) is 3.19. The largest absolute Gasteiger partial charge is 0.497 e. The number of methoxy groups -OCH3 is 1. The van der Waals surface area contributed by atoms with E-state index < -0.39 is 6.04 Å². The van der Waals surface area contributed by atoms with Crippen LogP contribution in [0.25, 0.3) is 0 Å². The fourth-order valence-corrected chi connectivity index (χ4v) is 2.56. The molecule has 0 radical (unpaired) electrons. The molecule has 0 saturated heterocycles. The van der Waals surface area contributed by atoms with Gasteiger partial charge < -0.3 is 15.4 Å². The zero-order valence-electron chi connectivity index (χ0n) is 14.2. The number of amides is 1. The number of carbonyl (C=O) groups excluding carboxylic acids is 1. The molecule has 0 fully saturated rings. The van der Waals surface area contributed by atoms with Crippen molar-refractivity contribution in [2.24, 2.45) is 0 Å². The molecule has 2 N–H and O–H groups in total. The summed E-state index contributed by atoms with van der Waals surface area (Å²) in [5, 5.41) is 6.18. The second-order valence-corrected chi connectivity index (χ2v) is 5.72. The molecule has 0 aliphatic rings. The number of hydrogen-bond donors (Lipinski definition) is 2. The lowest BCUT2D eigenvalue weighted by Gasteiger charge is -2.26. The summed E-state index contributed by atoms with van der Waals surface area (Å²) in [6.07, 6.45) is 0. The first kappa shape index (κ1) is 17.9. The summed E-state index contributed by atoms with van der Waals surface area (Å²) in [6, 6.07) is 13.6. The van der Waals surface area contributed by atoms with Gasteiger partial charge in [-0.25, -0.2) is 4.39 Å². The Bertz CT molecular complexity index is 673. The van der Waals surface area contributed by atoms with Gasteiger partial charge in [0.15, 0.2) is 0 Å². The molecule has 128 valence electrons. The maximum atomic E-state index is 14.1. The highest BCUT2D eigenvalue weighted by atomic mass is 19.1. The van der Waals surface area contributed by atoms with Crippen molar-refractivity contribution in [1.82, 2.24) is 10.6 Å². The topological polar surface area (TPSA) is 50.4 Å². The van der Waals surface area contributed by atoms with Crippen molar-refractivity contribution in [2.45, 2.75) is 32.5 Å². The molecule has 0 bridgehead atoms. The third kappa shape index (κ3) is 4.80. The molecule has 24 heavy (non-hydrogen) atoms. The molecule has 2 rings (SSSR count). The van der Waals surface area contributed by atoms with E-state index in [0.717, 1.165) is 11.3 Å². The van der Waals surface area contributed by atoms with Crippen LogP contribution in [0.5, 0.6) is 5.75 Å². The van der Waals surface area contributed by atoms with E-state index in [4.69, 9.17) is 4.74 Å². The van der Waals surface area contributed by atoms with E-state index >= 15 is 0 Å². The molecule has 5 heteroatoms. The fourth-order valence-electron chi connectivity index (χ4n) is 2.56. The molecule has 0 saturated carbocycles. The monoisotopic (exact) mass is 330 g/mol. The van der Waals surface area contributed by atoms with Crippen molar-refractivity contribution >= 4 is 5.91 Å². The zero-order chi connectivity index (χ0) is 17.5. The van der Waals surface area contributed by atoms with Crippen LogP contribution in [0.3, 0.4) is 0 Å². The summed E-state index contributed by atoms with van der Waals surface area (Å²) in [5.41, 5.74) is 1.56. The average molecular weight is 330 g/mol. The smallest absolute Gasteiger partial charge is 0.217 e. The minimum Gasteiger partial charge on any atom is -0.497 e. The first-order valence-electron chi connectivity index (χ1n) is 7.89. The molecule has 1 amide bonds. The SMILES string of the molecule is COc1ccc(CNC(C)C(NC(C)=O)c2ccccc2F)cc1.